The number of nitrogens with zero attached hydrogens (tertiary/aromatic N) is 4. The van der Waals surface area contributed by atoms with E-state index in [1.807, 2.05) is 24.3 Å². The van der Waals surface area contributed by atoms with Crippen LogP contribution in [-0.4, -0.2) is 20.0 Å². The summed E-state index contributed by atoms with van der Waals surface area (Å²) in [5, 5.41) is 11.7. The first-order chi connectivity index (χ1) is 10.5. The highest BCUT2D eigenvalue weighted by atomic mass is 79.9. The van der Waals surface area contributed by atoms with E-state index in [-0.39, 0.29) is 22.5 Å². The Hall–Kier alpha value is -1.70. The highest BCUT2D eigenvalue weighted by molar-refractivity contribution is 9.10. The molecule has 6 nitrogen and oxygen atoms in total. The number of halogens is 3. The highest BCUT2D eigenvalue weighted by Gasteiger charge is 2.13. The van der Waals surface area contributed by atoms with Gasteiger partial charge in [0, 0.05) is 10.0 Å². The first kappa shape index (κ1) is 15.2. The van der Waals surface area contributed by atoms with Crippen molar-refractivity contribution in [3.8, 4) is 11.5 Å². The Morgan fingerprint density at radius 2 is 2.09 bits per heavy atom. The molecule has 3 aromatic rings. The molecule has 2 aromatic heterocycles. The molecule has 112 valence electrons. The van der Waals surface area contributed by atoms with Crippen LogP contribution in [0.1, 0.15) is 5.89 Å². The molecule has 0 aliphatic rings. The van der Waals surface area contributed by atoms with Gasteiger partial charge in [-0.1, -0.05) is 45.2 Å². The molecule has 0 saturated carbocycles. The lowest BCUT2D eigenvalue weighted by molar-refractivity contribution is 0.465. The predicted octanol–water partition coefficient (Wildman–Crippen LogP) is 3.41. The van der Waals surface area contributed by atoms with Gasteiger partial charge in [-0.3, -0.25) is 4.79 Å². The molecule has 0 amide bonds. The molecule has 1 aromatic carbocycles. The fraction of sp³-hybridized carbons (Fsp3) is 0.0769. The first-order valence-corrected chi connectivity index (χ1v) is 7.59. The van der Waals surface area contributed by atoms with Crippen LogP contribution in [0.15, 0.2) is 44.1 Å². The monoisotopic (exact) mass is 400 g/mol. The van der Waals surface area contributed by atoms with Gasteiger partial charge in [0.2, 0.25) is 11.8 Å². The standard InChI is InChI=1S/C13H7BrCl2N4O2/c14-8-3-1-2-7(4-8)12-19-18-10(22-12)6-20-13(21)11(16)9(15)5-17-20/h1-5H,6H2. The van der Waals surface area contributed by atoms with Gasteiger partial charge in [0.05, 0.1) is 11.2 Å². The molecular weight excluding hydrogens is 395 g/mol. The van der Waals surface area contributed by atoms with Gasteiger partial charge in [0.15, 0.2) is 0 Å². The third-order valence-corrected chi connectivity index (χ3v) is 4.01. The fourth-order valence-electron chi connectivity index (χ4n) is 1.74. The Bertz CT molecular complexity index is 894. The van der Waals surface area contributed by atoms with Crippen LogP contribution >= 0.6 is 39.1 Å². The van der Waals surface area contributed by atoms with Crippen LogP contribution in [0.2, 0.25) is 10.0 Å². The molecule has 0 spiro atoms. The largest absolute Gasteiger partial charge is 0.419 e. The SMILES string of the molecule is O=c1c(Cl)c(Cl)cnn1Cc1nnc(-c2cccc(Br)c2)o1. The zero-order chi connectivity index (χ0) is 15.7. The lowest BCUT2D eigenvalue weighted by Crippen LogP contribution is -2.23. The Labute approximate surface area is 142 Å². The van der Waals surface area contributed by atoms with Crippen LogP contribution in [-0.2, 0) is 6.54 Å². The topological polar surface area (TPSA) is 73.8 Å². The maximum atomic E-state index is 11.9. The molecule has 2 heterocycles. The fourth-order valence-corrected chi connectivity index (χ4v) is 2.41. The second-order valence-electron chi connectivity index (χ2n) is 4.28. The van der Waals surface area contributed by atoms with Crippen molar-refractivity contribution in [3.05, 3.63) is 61.2 Å². The van der Waals surface area contributed by atoms with E-state index in [0.717, 1.165) is 14.7 Å². The molecule has 0 aliphatic heterocycles. The van der Waals surface area contributed by atoms with Gasteiger partial charge in [-0.25, -0.2) is 4.68 Å². The molecule has 9 heteroatoms. The van der Waals surface area contributed by atoms with E-state index in [9.17, 15) is 4.79 Å². The average molecular weight is 402 g/mol. The van der Waals surface area contributed by atoms with Gasteiger partial charge in [0.1, 0.15) is 11.6 Å². The molecule has 0 radical (unpaired) electrons. The maximum Gasteiger partial charge on any atom is 0.287 e. The van der Waals surface area contributed by atoms with Crippen LogP contribution in [0.25, 0.3) is 11.5 Å². The molecule has 0 aliphatic carbocycles. The van der Waals surface area contributed by atoms with Crippen molar-refractivity contribution >= 4 is 39.1 Å². The first-order valence-electron chi connectivity index (χ1n) is 6.04. The van der Waals surface area contributed by atoms with Gasteiger partial charge in [-0.15, -0.1) is 10.2 Å². The van der Waals surface area contributed by atoms with Crippen molar-refractivity contribution < 1.29 is 4.42 Å². The van der Waals surface area contributed by atoms with Gasteiger partial charge in [-0.05, 0) is 18.2 Å². The van der Waals surface area contributed by atoms with Crippen molar-refractivity contribution in [2.75, 3.05) is 0 Å². The highest BCUT2D eigenvalue weighted by Crippen LogP contribution is 2.22. The van der Waals surface area contributed by atoms with Gasteiger partial charge in [-0.2, -0.15) is 5.10 Å². The minimum absolute atomic E-state index is 0.0106. The second kappa shape index (κ2) is 6.20. The van der Waals surface area contributed by atoms with Crippen LogP contribution in [0.5, 0.6) is 0 Å². The Morgan fingerprint density at radius 3 is 2.86 bits per heavy atom. The molecule has 0 unspecified atom stereocenters. The lowest BCUT2D eigenvalue weighted by Gasteiger charge is -2.01. The summed E-state index contributed by atoms with van der Waals surface area (Å²) in [4.78, 5) is 11.9. The summed E-state index contributed by atoms with van der Waals surface area (Å²) in [7, 11) is 0. The van der Waals surface area contributed by atoms with E-state index in [1.165, 1.54) is 6.20 Å². The number of rotatable bonds is 3. The van der Waals surface area contributed by atoms with E-state index in [4.69, 9.17) is 27.6 Å². The van der Waals surface area contributed by atoms with Crippen molar-refractivity contribution in [2.45, 2.75) is 6.54 Å². The summed E-state index contributed by atoms with van der Waals surface area (Å²) in [6.07, 6.45) is 1.29. The van der Waals surface area contributed by atoms with Crippen molar-refractivity contribution in [3.63, 3.8) is 0 Å². The molecule has 3 rings (SSSR count). The van der Waals surface area contributed by atoms with Crippen LogP contribution < -0.4 is 5.56 Å². The summed E-state index contributed by atoms with van der Waals surface area (Å²) in [5.41, 5.74) is 0.249. The summed E-state index contributed by atoms with van der Waals surface area (Å²) in [5.74, 6) is 0.590. The van der Waals surface area contributed by atoms with Gasteiger partial charge < -0.3 is 4.42 Å². The summed E-state index contributed by atoms with van der Waals surface area (Å²) < 4.78 is 7.53. The zero-order valence-corrected chi connectivity index (χ0v) is 13.9. The number of hydrogen-bond acceptors (Lipinski definition) is 5. The van der Waals surface area contributed by atoms with E-state index >= 15 is 0 Å². The third kappa shape index (κ3) is 3.06. The van der Waals surface area contributed by atoms with Crippen molar-refractivity contribution in [1.29, 1.82) is 0 Å². The van der Waals surface area contributed by atoms with E-state index in [0.29, 0.717) is 5.89 Å². The predicted molar refractivity (Wildman–Crippen MR) is 85.1 cm³/mol. The molecule has 0 fully saturated rings. The summed E-state index contributed by atoms with van der Waals surface area (Å²) in [6.45, 7) is 0.0106. The minimum Gasteiger partial charge on any atom is -0.419 e. The Morgan fingerprint density at radius 1 is 1.27 bits per heavy atom. The Balaban J connectivity index is 1.89. The van der Waals surface area contributed by atoms with E-state index in [1.54, 1.807) is 0 Å². The molecule has 0 bridgehead atoms. The minimum atomic E-state index is -0.517. The number of hydrogen-bond donors (Lipinski definition) is 0. The lowest BCUT2D eigenvalue weighted by atomic mass is 10.2. The molecule has 0 saturated heterocycles. The number of aromatic nitrogens is 4. The maximum absolute atomic E-state index is 11.9. The van der Waals surface area contributed by atoms with Gasteiger partial charge >= 0.3 is 0 Å². The zero-order valence-electron chi connectivity index (χ0n) is 10.8. The summed E-state index contributed by atoms with van der Waals surface area (Å²) >= 11 is 14.9. The number of benzene rings is 1. The van der Waals surface area contributed by atoms with E-state index in [2.05, 4.69) is 31.2 Å². The van der Waals surface area contributed by atoms with Crippen LogP contribution in [0.3, 0.4) is 0 Å². The summed E-state index contributed by atoms with van der Waals surface area (Å²) in [6, 6.07) is 7.43. The quantitative estimate of drug-likeness (QED) is 0.672. The molecule has 0 atom stereocenters. The molecule has 22 heavy (non-hydrogen) atoms. The van der Waals surface area contributed by atoms with Crippen LogP contribution in [0, 0.1) is 0 Å². The van der Waals surface area contributed by atoms with Crippen LogP contribution in [0.4, 0.5) is 0 Å². The van der Waals surface area contributed by atoms with Gasteiger partial charge in [0.25, 0.3) is 5.56 Å². The normalized spacial score (nSPS) is 10.9. The van der Waals surface area contributed by atoms with E-state index < -0.39 is 5.56 Å². The van der Waals surface area contributed by atoms with Crippen molar-refractivity contribution in [1.82, 2.24) is 20.0 Å². The molecule has 0 N–H and O–H groups in total. The third-order valence-electron chi connectivity index (χ3n) is 2.77. The Kier molecular flexibility index (Phi) is 4.28. The second-order valence-corrected chi connectivity index (χ2v) is 5.98. The average Bonchev–Trinajstić information content (AvgIpc) is 2.97. The smallest absolute Gasteiger partial charge is 0.287 e. The van der Waals surface area contributed by atoms with Crippen molar-refractivity contribution in [2.24, 2.45) is 0 Å². The molecular formula is C13H7BrCl2N4O2.